The molecule has 0 fully saturated rings. The third kappa shape index (κ3) is 3.50. The van der Waals surface area contributed by atoms with Gasteiger partial charge in [-0.3, -0.25) is 14.9 Å². The van der Waals surface area contributed by atoms with Crippen molar-refractivity contribution in [3.05, 3.63) is 80.9 Å². The van der Waals surface area contributed by atoms with Crippen LogP contribution < -0.4 is 0 Å². The highest BCUT2D eigenvalue weighted by atomic mass is 16.6. The highest BCUT2D eigenvalue weighted by Gasteiger charge is 2.37. The number of furan rings is 1. The lowest BCUT2D eigenvalue weighted by molar-refractivity contribution is -0.384. The number of ether oxygens (including phenoxy) is 1. The van der Waals surface area contributed by atoms with E-state index in [0.29, 0.717) is 17.0 Å². The van der Waals surface area contributed by atoms with Crippen LogP contribution in [0.15, 0.2) is 63.9 Å². The van der Waals surface area contributed by atoms with E-state index in [0.717, 1.165) is 0 Å². The van der Waals surface area contributed by atoms with E-state index < -0.39 is 16.8 Å². The fourth-order valence-electron chi connectivity index (χ4n) is 2.87. The van der Waals surface area contributed by atoms with Crippen LogP contribution in [-0.2, 0) is 20.9 Å². The van der Waals surface area contributed by atoms with Crippen LogP contribution in [0.1, 0.15) is 18.2 Å². The Kier molecular flexibility index (Phi) is 4.89. The molecule has 2 heterocycles. The van der Waals surface area contributed by atoms with Gasteiger partial charge in [-0.15, -0.1) is 0 Å². The molecule has 1 aromatic carbocycles. The third-order valence-electron chi connectivity index (χ3n) is 4.19. The Balaban J connectivity index is 2.05. The van der Waals surface area contributed by atoms with Gasteiger partial charge in [0, 0.05) is 17.8 Å². The first kappa shape index (κ1) is 18.1. The van der Waals surface area contributed by atoms with E-state index in [1.807, 2.05) is 0 Å². The second-order valence-corrected chi connectivity index (χ2v) is 5.83. The molecule has 0 bridgehead atoms. The predicted octanol–water partition coefficient (Wildman–Crippen LogP) is 3.06. The lowest BCUT2D eigenvalue weighted by Crippen LogP contribution is -2.24. The number of nitro groups is 1. The zero-order valence-corrected chi connectivity index (χ0v) is 14.7. The van der Waals surface area contributed by atoms with Crippen molar-refractivity contribution in [2.24, 2.45) is 0 Å². The van der Waals surface area contributed by atoms with Gasteiger partial charge < -0.3 is 14.1 Å². The summed E-state index contributed by atoms with van der Waals surface area (Å²) in [5.74, 6) is -0.501. The first-order valence-corrected chi connectivity index (χ1v) is 8.02. The summed E-state index contributed by atoms with van der Waals surface area (Å²) in [5, 5.41) is 11.0. The molecule has 8 heteroatoms. The molecule has 0 atom stereocenters. The molecule has 1 aliphatic rings. The number of benzene rings is 1. The van der Waals surface area contributed by atoms with Gasteiger partial charge in [0.2, 0.25) is 0 Å². The summed E-state index contributed by atoms with van der Waals surface area (Å²) in [7, 11) is 1.23. The van der Waals surface area contributed by atoms with Crippen LogP contribution in [0.2, 0.25) is 0 Å². The summed E-state index contributed by atoms with van der Waals surface area (Å²) < 4.78 is 10.1. The van der Waals surface area contributed by atoms with E-state index in [2.05, 4.69) is 0 Å². The number of hydrogen-bond donors (Lipinski definition) is 0. The van der Waals surface area contributed by atoms with E-state index >= 15 is 0 Å². The van der Waals surface area contributed by atoms with Crippen LogP contribution in [0.4, 0.5) is 5.69 Å². The van der Waals surface area contributed by atoms with Crippen molar-refractivity contribution in [2.75, 3.05) is 7.11 Å². The van der Waals surface area contributed by atoms with E-state index in [9.17, 15) is 19.7 Å². The molecule has 138 valence electrons. The molecule has 1 aromatic heterocycles. The average molecular weight is 368 g/mol. The van der Waals surface area contributed by atoms with Gasteiger partial charge in [-0.2, -0.15) is 0 Å². The number of non-ortho nitro benzene ring substituents is 1. The molecular weight excluding hydrogens is 352 g/mol. The van der Waals surface area contributed by atoms with Crippen LogP contribution in [0, 0.1) is 10.1 Å². The van der Waals surface area contributed by atoms with Crippen LogP contribution >= 0.6 is 0 Å². The Hall–Kier alpha value is -3.68. The van der Waals surface area contributed by atoms with Crippen molar-refractivity contribution in [1.82, 2.24) is 4.90 Å². The molecule has 3 rings (SSSR count). The molecule has 8 nitrogen and oxygen atoms in total. The molecule has 0 saturated heterocycles. The molecular formula is C19H16N2O6. The highest BCUT2D eigenvalue weighted by Crippen LogP contribution is 2.33. The monoisotopic (exact) mass is 368 g/mol. The Morgan fingerprint density at radius 1 is 1.33 bits per heavy atom. The Labute approximate surface area is 154 Å². The maximum atomic E-state index is 12.9. The molecule has 0 radical (unpaired) electrons. The zero-order valence-electron chi connectivity index (χ0n) is 14.7. The normalized spacial score (nSPS) is 15.6. The van der Waals surface area contributed by atoms with Gasteiger partial charge >= 0.3 is 5.97 Å². The van der Waals surface area contributed by atoms with Gasteiger partial charge in [0.1, 0.15) is 5.76 Å². The number of rotatable bonds is 5. The largest absolute Gasteiger partial charge is 0.467 e. The fraction of sp³-hybridized carbons (Fsp3) is 0.158. The third-order valence-corrected chi connectivity index (χ3v) is 4.19. The van der Waals surface area contributed by atoms with Gasteiger partial charge in [-0.05, 0) is 30.7 Å². The molecule has 0 aliphatic carbocycles. The first-order chi connectivity index (χ1) is 12.9. The lowest BCUT2D eigenvalue weighted by atomic mass is 10.0. The fourth-order valence-corrected chi connectivity index (χ4v) is 2.87. The molecule has 0 unspecified atom stereocenters. The van der Waals surface area contributed by atoms with E-state index in [-0.39, 0.29) is 23.4 Å². The lowest BCUT2D eigenvalue weighted by Gasteiger charge is -2.16. The number of nitro benzene ring substituents is 1. The molecule has 0 N–H and O–H groups in total. The van der Waals surface area contributed by atoms with E-state index in [4.69, 9.17) is 9.15 Å². The SMILES string of the molecule is COC(=O)C1=C(C)N(Cc2ccco2)C(=O)C1=Cc1cccc([N+](=O)[O-])c1. The molecule has 0 spiro atoms. The van der Waals surface area contributed by atoms with Crippen LogP contribution in [-0.4, -0.2) is 28.8 Å². The quantitative estimate of drug-likeness (QED) is 0.348. The summed E-state index contributed by atoms with van der Waals surface area (Å²) >= 11 is 0. The summed E-state index contributed by atoms with van der Waals surface area (Å²) in [5.41, 5.74) is 0.996. The molecule has 1 aliphatic heterocycles. The smallest absolute Gasteiger partial charge is 0.340 e. The number of amides is 1. The van der Waals surface area contributed by atoms with Gasteiger partial charge in [0.15, 0.2) is 0 Å². The Morgan fingerprint density at radius 3 is 2.74 bits per heavy atom. The molecule has 1 amide bonds. The van der Waals surface area contributed by atoms with Gasteiger partial charge in [-0.1, -0.05) is 12.1 Å². The molecule has 0 saturated carbocycles. The maximum Gasteiger partial charge on any atom is 0.340 e. The van der Waals surface area contributed by atoms with Crippen LogP contribution in [0.3, 0.4) is 0 Å². The number of carbonyl (C=O) groups is 2. The number of nitrogens with zero attached hydrogens (tertiary/aromatic N) is 2. The van der Waals surface area contributed by atoms with Gasteiger partial charge in [0.05, 0.1) is 36.0 Å². The minimum Gasteiger partial charge on any atom is -0.467 e. The summed E-state index contributed by atoms with van der Waals surface area (Å²) in [6.07, 6.45) is 2.95. The van der Waals surface area contributed by atoms with Crippen molar-refractivity contribution in [1.29, 1.82) is 0 Å². The predicted molar refractivity (Wildman–Crippen MR) is 95.0 cm³/mol. The van der Waals surface area contributed by atoms with Crippen molar-refractivity contribution in [3.63, 3.8) is 0 Å². The summed E-state index contributed by atoms with van der Waals surface area (Å²) in [4.78, 5) is 37.0. The number of esters is 1. The number of carbonyl (C=O) groups excluding carboxylic acids is 2. The highest BCUT2D eigenvalue weighted by molar-refractivity contribution is 6.16. The molecule has 27 heavy (non-hydrogen) atoms. The Morgan fingerprint density at radius 2 is 2.11 bits per heavy atom. The van der Waals surface area contributed by atoms with Crippen molar-refractivity contribution in [3.8, 4) is 0 Å². The number of methoxy groups -OCH3 is 1. The van der Waals surface area contributed by atoms with Crippen molar-refractivity contribution in [2.45, 2.75) is 13.5 Å². The van der Waals surface area contributed by atoms with Gasteiger partial charge in [0.25, 0.3) is 11.6 Å². The second-order valence-electron chi connectivity index (χ2n) is 5.83. The van der Waals surface area contributed by atoms with Crippen LogP contribution in [0.25, 0.3) is 6.08 Å². The first-order valence-electron chi connectivity index (χ1n) is 8.02. The number of allylic oxidation sites excluding steroid dienone is 1. The minimum absolute atomic E-state index is 0.109. The Bertz CT molecular complexity index is 972. The maximum absolute atomic E-state index is 12.9. The van der Waals surface area contributed by atoms with E-state index in [1.165, 1.54) is 42.5 Å². The standard InChI is InChI=1S/C19H16N2O6/c1-12-17(19(23)26-2)16(10-13-5-3-6-14(9-13)21(24)25)18(22)20(12)11-15-7-4-8-27-15/h3-10H,11H2,1-2H3. The van der Waals surface area contributed by atoms with Gasteiger partial charge in [-0.25, -0.2) is 4.79 Å². The van der Waals surface area contributed by atoms with Crippen molar-refractivity contribution >= 4 is 23.6 Å². The zero-order chi connectivity index (χ0) is 19.6. The van der Waals surface area contributed by atoms with E-state index in [1.54, 1.807) is 25.1 Å². The summed E-state index contributed by atoms with van der Waals surface area (Å²) in [6.45, 7) is 1.80. The minimum atomic E-state index is -0.653. The van der Waals surface area contributed by atoms with Crippen molar-refractivity contribution < 1.29 is 23.7 Å². The molecule has 2 aromatic rings. The summed E-state index contributed by atoms with van der Waals surface area (Å²) in [6, 6.07) is 9.24. The average Bonchev–Trinajstić information content (AvgIpc) is 3.24. The van der Waals surface area contributed by atoms with Crippen LogP contribution in [0.5, 0.6) is 0 Å². The second kappa shape index (κ2) is 7.28. The number of hydrogen-bond acceptors (Lipinski definition) is 6. The topological polar surface area (TPSA) is 103 Å².